The number of hydrogen-bond acceptors (Lipinski definition) is 2. The van der Waals surface area contributed by atoms with Crippen molar-refractivity contribution in [1.29, 1.82) is 0 Å². The number of para-hydroxylation sites is 1. The molecule has 0 aliphatic rings. The highest BCUT2D eigenvalue weighted by molar-refractivity contribution is 5.84. The van der Waals surface area contributed by atoms with E-state index in [0.717, 1.165) is 18.4 Å². The van der Waals surface area contributed by atoms with Gasteiger partial charge >= 0.3 is 5.97 Å². The van der Waals surface area contributed by atoms with Gasteiger partial charge in [-0.25, -0.2) is 0 Å². The first-order valence-corrected chi connectivity index (χ1v) is 6.80. The molecule has 0 aliphatic heterocycles. The van der Waals surface area contributed by atoms with Gasteiger partial charge in [0.15, 0.2) is 0 Å². The molecule has 0 amide bonds. The Hall–Kier alpha value is -1.77. The van der Waals surface area contributed by atoms with E-state index in [1.807, 2.05) is 18.3 Å². The Kier molecular flexibility index (Phi) is 4.25. The van der Waals surface area contributed by atoms with E-state index in [1.54, 1.807) is 0 Å². The van der Waals surface area contributed by atoms with Crippen LogP contribution in [-0.2, 0) is 16.0 Å². The number of esters is 1. The number of carbonyl (C=O) groups excluding carboxylic acids is 1. The SMILES string of the molecule is CC[C@H](C)[C@@H](Cc1c[nH]c2ccccc12)C(=O)OC. The lowest BCUT2D eigenvalue weighted by Crippen LogP contribution is -2.25. The summed E-state index contributed by atoms with van der Waals surface area (Å²) in [6.07, 6.45) is 3.71. The Morgan fingerprint density at radius 3 is 2.79 bits per heavy atom. The maximum atomic E-state index is 11.9. The molecular weight excluding hydrogens is 238 g/mol. The van der Waals surface area contributed by atoms with Crippen molar-refractivity contribution in [2.75, 3.05) is 7.11 Å². The zero-order valence-corrected chi connectivity index (χ0v) is 11.8. The molecule has 1 heterocycles. The van der Waals surface area contributed by atoms with Crippen molar-refractivity contribution in [2.24, 2.45) is 11.8 Å². The molecule has 0 saturated heterocycles. The van der Waals surface area contributed by atoms with E-state index in [4.69, 9.17) is 4.74 Å². The summed E-state index contributed by atoms with van der Waals surface area (Å²) in [5, 5.41) is 1.19. The Labute approximate surface area is 114 Å². The summed E-state index contributed by atoms with van der Waals surface area (Å²) in [5.41, 5.74) is 2.30. The molecule has 0 saturated carbocycles. The van der Waals surface area contributed by atoms with Crippen LogP contribution in [0.3, 0.4) is 0 Å². The van der Waals surface area contributed by atoms with E-state index in [-0.39, 0.29) is 11.9 Å². The number of rotatable bonds is 5. The normalized spacial score (nSPS) is 14.3. The third-order valence-corrected chi connectivity index (χ3v) is 3.95. The topological polar surface area (TPSA) is 42.1 Å². The molecular formula is C16H21NO2. The van der Waals surface area contributed by atoms with Crippen LogP contribution in [0.25, 0.3) is 10.9 Å². The summed E-state index contributed by atoms with van der Waals surface area (Å²) >= 11 is 0. The quantitative estimate of drug-likeness (QED) is 0.834. The molecule has 1 N–H and O–H groups in total. The lowest BCUT2D eigenvalue weighted by Gasteiger charge is -2.20. The number of H-pyrrole nitrogens is 1. The monoisotopic (exact) mass is 259 g/mol. The second-order valence-electron chi connectivity index (χ2n) is 5.08. The van der Waals surface area contributed by atoms with E-state index < -0.39 is 0 Å². The molecule has 0 radical (unpaired) electrons. The molecule has 2 aromatic rings. The van der Waals surface area contributed by atoms with Gasteiger partial charge < -0.3 is 9.72 Å². The van der Waals surface area contributed by atoms with Gasteiger partial charge in [0.1, 0.15) is 0 Å². The summed E-state index contributed by atoms with van der Waals surface area (Å²) in [6, 6.07) is 8.17. The number of fused-ring (bicyclic) bond motifs is 1. The van der Waals surface area contributed by atoms with Crippen molar-refractivity contribution in [2.45, 2.75) is 26.7 Å². The third-order valence-electron chi connectivity index (χ3n) is 3.95. The number of methoxy groups -OCH3 is 1. The molecule has 0 unspecified atom stereocenters. The molecule has 0 aliphatic carbocycles. The van der Waals surface area contributed by atoms with Crippen molar-refractivity contribution < 1.29 is 9.53 Å². The van der Waals surface area contributed by atoms with Crippen LogP contribution in [-0.4, -0.2) is 18.1 Å². The lowest BCUT2D eigenvalue weighted by atomic mass is 9.86. The zero-order chi connectivity index (χ0) is 13.8. The molecule has 3 nitrogen and oxygen atoms in total. The summed E-state index contributed by atoms with van der Waals surface area (Å²) < 4.78 is 4.95. The number of aromatic amines is 1. The summed E-state index contributed by atoms with van der Waals surface area (Å²) in [6.45, 7) is 4.21. The summed E-state index contributed by atoms with van der Waals surface area (Å²) in [4.78, 5) is 15.2. The van der Waals surface area contributed by atoms with Gasteiger partial charge in [-0.2, -0.15) is 0 Å². The number of aromatic nitrogens is 1. The minimum absolute atomic E-state index is 0.0748. The van der Waals surface area contributed by atoms with Crippen LogP contribution in [0.5, 0.6) is 0 Å². The predicted molar refractivity (Wildman–Crippen MR) is 77.0 cm³/mol. The van der Waals surface area contributed by atoms with Gasteiger partial charge in [-0.3, -0.25) is 4.79 Å². The molecule has 0 bridgehead atoms. The fraction of sp³-hybridized carbons (Fsp3) is 0.438. The van der Waals surface area contributed by atoms with Crippen molar-refractivity contribution >= 4 is 16.9 Å². The number of nitrogens with one attached hydrogen (secondary N) is 1. The molecule has 102 valence electrons. The van der Waals surface area contributed by atoms with E-state index in [0.29, 0.717) is 5.92 Å². The van der Waals surface area contributed by atoms with Crippen molar-refractivity contribution in [3.05, 3.63) is 36.0 Å². The molecule has 2 atom stereocenters. The van der Waals surface area contributed by atoms with Gasteiger partial charge in [0.25, 0.3) is 0 Å². The fourth-order valence-corrected chi connectivity index (χ4v) is 2.49. The lowest BCUT2D eigenvalue weighted by molar-refractivity contribution is -0.147. The Morgan fingerprint density at radius 1 is 1.37 bits per heavy atom. The van der Waals surface area contributed by atoms with E-state index >= 15 is 0 Å². The van der Waals surface area contributed by atoms with Crippen molar-refractivity contribution in [3.63, 3.8) is 0 Å². The first kappa shape index (κ1) is 13.7. The first-order valence-electron chi connectivity index (χ1n) is 6.80. The maximum absolute atomic E-state index is 11.9. The van der Waals surface area contributed by atoms with Crippen LogP contribution >= 0.6 is 0 Å². The Bertz CT molecular complexity index is 559. The Morgan fingerprint density at radius 2 is 2.11 bits per heavy atom. The van der Waals surface area contributed by atoms with Crippen LogP contribution in [0.1, 0.15) is 25.8 Å². The third kappa shape index (κ3) is 2.80. The molecule has 2 rings (SSSR count). The van der Waals surface area contributed by atoms with E-state index in [1.165, 1.54) is 18.1 Å². The van der Waals surface area contributed by atoms with E-state index in [9.17, 15) is 4.79 Å². The molecule has 1 aromatic heterocycles. The number of hydrogen-bond donors (Lipinski definition) is 1. The number of ether oxygens (including phenoxy) is 1. The average Bonchev–Trinajstić information content (AvgIpc) is 2.86. The predicted octanol–water partition coefficient (Wildman–Crippen LogP) is 3.55. The Balaban J connectivity index is 2.28. The smallest absolute Gasteiger partial charge is 0.309 e. The highest BCUT2D eigenvalue weighted by atomic mass is 16.5. The van der Waals surface area contributed by atoms with Gasteiger partial charge in [-0.05, 0) is 24.0 Å². The van der Waals surface area contributed by atoms with Gasteiger partial charge in [-0.1, -0.05) is 38.5 Å². The second kappa shape index (κ2) is 5.91. The first-order chi connectivity index (χ1) is 9.17. The highest BCUT2D eigenvalue weighted by Crippen LogP contribution is 2.26. The average molecular weight is 259 g/mol. The summed E-state index contributed by atoms with van der Waals surface area (Å²) in [7, 11) is 1.47. The molecule has 19 heavy (non-hydrogen) atoms. The van der Waals surface area contributed by atoms with Gasteiger partial charge in [0.05, 0.1) is 13.0 Å². The highest BCUT2D eigenvalue weighted by Gasteiger charge is 2.26. The van der Waals surface area contributed by atoms with Crippen molar-refractivity contribution in [1.82, 2.24) is 4.98 Å². The minimum atomic E-state index is -0.111. The van der Waals surface area contributed by atoms with Gasteiger partial charge in [0.2, 0.25) is 0 Å². The standard InChI is InChI=1S/C16H21NO2/c1-4-11(2)14(16(18)19-3)9-12-10-17-15-8-6-5-7-13(12)15/h5-8,10-11,14,17H,4,9H2,1-3H3/t11-,14+/m0/s1. The minimum Gasteiger partial charge on any atom is -0.469 e. The molecule has 0 fully saturated rings. The number of carbonyl (C=O) groups is 1. The van der Waals surface area contributed by atoms with Gasteiger partial charge in [-0.15, -0.1) is 0 Å². The summed E-state index contributed by atoms with van der Waals surface area (Å²) in [5.74, 6) is 0.134. The van der Waals surface area contributed by atoms with Crippen LogP contribution in [0.2, 0.25) is 0 Å². The zero-order valence-electron chi connectivity index (χ0n) is 11.8. The largest absolute Gasteiger partial charge is 0.469 e. The molecule has 1 aromatic carbocycles. The van der Waals surface area contributed by atoms with E-state index in [2.05, 4.69) is 31.0 Å². The maximum Gasteiger partial charge on any atom is 0.309 e. The van der Waals surface area contributed by atoms with Crippen LogP contribution in [0, 0.1) is 11.8 Å². The van der Waals surface area contributed by atoms with Crippen molar-refractivity contribution in [3.8, 4) is 0 Å². The van der Waals surface area contributed by atoms with Crippen LogP contribution in [0.4, 0.5) is 0 Å². The molecule has 0 spiro atoms. The fourth-order valence-electron chi connectivity index (χ4n) is 2.49. The second-order valence-corrected chi connectivity index (χ2v) is 5.08. The van der Waals surface area contributed by atoms with Crippen LogP contribution < -0.4 is 0 Å². The van der Waals surface area contributed by atoms with Gasteiger partial charge in [0, 0.05) is 17.1 Å². The van der Waals surface area contributed by atoms with Crippen LogP contribution in [0.15, 0.2) is 30.5 Å². The molecule has 3 heteroatoms. The number of benzene rings is 1.